The molecule has 1 saturated carbocycles. The summed E-state index contributed by atoms with van der Waals surface area (Å²) in [6.07, 6.45) is 6.86. The molecule has 0 atom stereocenters. The Morgan fingerprint density at radius 1 is 1.25 bits per heavy atom. The summed E-state index contributed by atoms with van der Waals surface area (Å²) in [5, 5.41) is 0. The zero-order valence-corrected chi connectivity index (χ0v) is 12.1. The second-order valence-electron chi connectivity index (χ2n) is 5.77. The second kappa shape index (κ2) is 6.20. The zero-order chi connectivity index (χ0) is 14.7. The average molecular weight is 278 g/mol. The molecule has 5 nitrogen and oxygen atoms in total. The number of rotatable bonds is 4. The molecule has 0 spiro atoms. The minimum atomic E-state index is -0.459. The number of hydrogen-bond donors (Lipinski definition) is 1. The molecular formula is C15H22N2O3. The highest BCUT2D eigenvalue weighted by molar-refractivity contribution is 5.93. The van der Waals surface area contributed by atoms with Crippen molar-refractivity contribution in [1.82, 2.24) is 9.55 Å². The largest absolute Gasteiger partial charge is 0.328 e. The fourth-order valence-corrected chi connectivity index (χ4v) is 3.01. The highest BCUT2D eigenvalue weighted by Gasteiger charge is 2.22. The first-order chi connectivity index (χ1) is 9.52. The number of aromatic amines is 1. The third kappa shape index (κ3) is 3.08. The van der Waals surface area contributed by atoms with E-state index in [1.54, 1.807) is 0 Å². The highest BCUT2D eigenvalue weighted by atomic mass is 16.2. The molecule has 20 heavy (non-hydrogen) atoms. The number of ketones is 1. The van der Waals surface area contributed by atoms with Gasteiger partial charge in [-0.3, -0.25) is 14.2 Å². The number of aromatic nitrogens is 2. The van der Waals surface area contributed by atoms with E-state index < -0.39 is 11.2 Å². The Kier molecular flexibility index (Phi) is 4.57. The van der Waals surface area contributed by atoms with E-state index in [9.17, 15) is 14.4 Å². The fourth-order valence-electron chi connectivity index (χ4n) is 3.01. The van der Waals surface area contributed by atoms with Gasteiger partial charge in [0, 0.05) is 12.7 Å². The van der Waals surface area contributed by atoms with Gasteiger partial charge in [-0.2, -0.15) is 0 Å². The Bertz CT molecular complexity index is 592. The molecule has 1 fully saturated rings. The first-order valence-corrected chi connectivity index (χ1v) is 7.36. The lowest BCUT2D eigenvalue weighted by Gasteiger charge is -2.27. The minimum absolute atomic E-state index is 0.0619. The van der Waals surface area contributed by atoms with Crippen LogP contribution in [0.3, 0.4) is 0 Å². The maximum Gasteiger partial charge on any atom is 0.328 e. The molecule has 0 aliphatic heterocycles. The lowest BCUT2D eigenvalue weighted by Crippen LogP contribution is -2.40. The van der Waals surface area contributed by atoms with E-state index in [1.807, 2.05) is 0 Å². The van der Waals surface area contributed by atoms with Gasteiger partial charge >= 0.3 is 5.69 Å². The van der Waals surface area contributed by atoms with Gasteiger partial charge in [-0.25, -0.2) is 4.79 Å². The molecule has 0 saturated heterocycles. The van der Waals surface area contributed by atoms with Crippen LogP contribution in [0.4, 0.5) is 0 Å². The van der Waals surface area contributed by atoms with Gasteiger partial charge < -0.3 is 4.98 Å². The van der Waals surface area contributed by atoms with Crippen LogP contribution in [0.2, 0.25) is 0 Å². The third-order valence-corrected chi connectivity index (χ3v) is 4.42. The van der Waals surface area contributed by atoms with Crippen molar-refractivity contribution in [1.29, 1.82) is 0 Å². The number of hydrogen-bond acceptors (Lipinski definition) is 3. The van der Waals surface area contributed by atoms with Crippen LogP contribution in [0.15, 0.2) is 15.8 Å². The summed E-state index contributed by atoms with van der Waals surface area (Å²) < 4.78 is 1.19. The van der Waals surface area contributed by atoms with Crippen molar-refractivity contribution in [2.75, 3.05) is 0 Å². The topological polar surface area (TPSA) is 71.9 Å². The zero-order valence-electron chi connectivity index (χ0n) is 12.1. The first kappa shape index (κ1) is 14.8. The summed E-state index contributed by atoms with van der Waals surface area (Å²) in [7, 11) is 0. The molecule has 1 aliphatic rings. The van der Waals surface area contributed by atoms with E-state index in [0.717, 1.165) is 18.8 Å². The van der Waals surface area contributed by atoms with E-state index in [2.05, 4.69) is 11.9 Å². The highest BCUT2D eigenvalue weighted by Crippen LogP contribution is 2.30. The summed E-state index contributed by atoms with van der Waals surface area (Å²) in [6.45, 7) is 3.97. The van der Waals surface area contributed by atoms with Crippen LogP contribution in [0.1, 0.15) is 56.3 Å². The van der Waals surface area contributed by atoms with Gasteiger partial charge in [0.25, 0.3) is 5.56 Å². The van der Waals surface area contributed by atoms with Gasteiger partial charge in [-0.1, -0.05) is 26.2 Å². The Labute approximate surface area is 118 Å². The summed E-state index contributed by atoms with van der Waals surface area (Å²) in [5.41, 5.74) is -0.816. The summed E-state index contributed by atoms with van der Waals surface area (Å²) in [5.74, 6) is 0.832. The molecule has 1 N–H and O–H groups in total. The molecular weight excluding hydrogens is 256 g/mol. The van der Waals surface area contributed by atoms with E-state index in [-0.39, 0.29) is 11.3 Å². The predicted octanol–water partition coefficient (Wildman–Crippen LogP) is 1.96. The second-order valence-corrected chi connectivity index (χ2v) is 5.77. The Hall–Kier alpha value is -1.65. The van der Waals surface area contributed by atoms with Crippen molar-refractivity contribution in [3.05, 3.63) is 32.6 Å². The number of nitrogens with zero attached hydrogens (tertiary/aromatic N) is 1. The van der Waals surface area contributed by atoms with Crippen LogP contribution in [0.25, 0.3) is 0 Å². The normalized spacial score (nSPS) is 22.7. The molecule has 110 valence electrons. The van der Waals surface area contributed by atoms with Gasteiger partial charge in [0.1, 0.15) is 0 Å². The Balaban J connectivity index is 2.18. The molecule has 1 heterocycles. The molecule has 0 radical (unpaired) electrons. The van der Waals surface area contributed by atoms with Crippen LogP contribution in [-0.4, -0.2) is 15.3 Å². The SMILES string of the molecule is CCC1CCC(Cn2c(=O)[nH]cc(C(C)=O)c2=O)CC1. The van der Waals surface area contributed by atoms with E-state index in [1.165, 1.54) is 37.0 Å². The third-order valence-electron chi connectivity index (χ3n) is 4.42. The van der Waals surface area contributed by atoms with Crippen molar-refractivity contribution >= 4 is 5.78 Å². The minimum Gasteiger partial charge on any atom is -0.313 e. The maximum absolute atomic E-state index is 12.1. The monoisotopic (exact) mass is 278 g/mol. The molecule has 0 amide bonds. The standard InChI is InChI=1S/C15H22N2O3/c1-3-11-4-6-12(7-5-11)9-17-14(19)13(10(2)18)8-16-15(17)20/h8,11-12H,3-7,9H2,1-2H3,(H,16,20). The lowest BCUT2D eigenvalue weighted by atomic mass is 9.81. The molecule has 0 unspecified atom stereocenters. The summed E-state index contributed by atoms with van der Waals surface area (Å²) in [6, 6.07) is 0. The summed E-state index contributed by atoms with van der Waals surface area (Å²) >= 11 is 0. The van der Waals surface area contributed by atoms with Crippen LogP contribution in [0, 0.1) is 11.8 Å². The number of Topliss-reactive ketones (excluding diaryl/α,β-unsaturated/α-hetero) is 1. The van der Waals surface area contributed by atoms with Crippen LogP contribution in [-0.2, 0) is 6.54 Å². The fraction of sp³-hybridized carbons (Fsp3) is 0.667. The maximum atomic E-state index is 12.1. The van der Waals surface area contributed by atoms with Gasteiger partial charge in [-0.05, 0) is 31.6 Å². The van der Waals surface area contributed by atoms with E-state index >= 15 is 0 Å². The lowest BCUT2D eigenvalue weighted by molar-refractivity contribution is 0.101. The quantitative estimate of drug-likeness (QED) is 0.856. The smallest absolute Gasteiger partial charge is 0.313 e. The van der Waals surface area contributed by atoms with Gasteiger partial charge in [-0.15, -0.1) is 0 Å². The number of nitrogens with one attached hydrogen (secondary N) is 1. The molecule has 0 aromatic carbocycles. The number of H-pyrrole nitrogens is 1. The van der Waals surface area contributed by atoms with Gasteiger partial charge in [0.2, 0.25) is 0 Å². The van der Waals surface area contributed by atoms with Crippen LogP contribution >= 0.6 is 0 Å². The summed E-state index contributed by atoms with van der Waals surface area (Å²) in [4.78, 5) is 37.8. The molecule has 0 bridgehead atoms. The van der Waals surface area contributed by atoms with E-state index in [0.29, 0.717) is 12.5 Å². The Morgan fingerprint density at radius 3 is 2.40 bits per heavy atom. The molecule has 1 aromatic rings. The number of carbonyl (C=O) groups is 1. The van der Waals surface area contributed by atoms with Crippen molar-refractivity contribution in [2.45, 2.75) is 52.5 Å². The van der Waals surface area contributed by atoms with Gasteiger partial charge in [0.05, 0.1) is 5.56 Å². The predicted molar refractivity (Wildman–Crippen MR) is 77.1 cm³/mol. The van der Waals surface area contributed by atoms with Crippen LogP contribution in [0.5, 0.6) is 0 Å². The van der Waals surface area contributed by atoms with Crippen molar-refractivity contribution in [3.63, 3.8) is 0 Å². The number of carbonyl (C=O) groups excluding carboxylic acids is 1. The molecule has 2 rings (SSSR count). The van der Waals surface area contributed by atoms with Crippen LogP contribution < -0.4 is 11.2 Å². The van der Waals surface area contributed by atoms with Crippen molar-refractivity contribution in [3.8, 4) is 0 Å². The van der Waals surface area contributed by atoms with Crippen molar-refractivity contribution in [2.24, 2.45) is 11.8 Å². The van der Waals surface area contributed by atoms with Crippen molar-refractivity contribution < 1.29 is 4.79 Å². The Morgan fingerprint density at radius 2 is 1.85 bits per heavy atom. The van der Waals surface area contributed by atoms with E-state index in [4.69, 9.17) is 0 Å². The average Bonchev–Trinajstić information content (AvgIpc) is 2.43. The molecule has 5 heteroatoms. The molecule has 1 aliphatic carbocycles. The first-order valence-electron chi connectivity index (χ1n) is 7.36. The molecule has 1 aromatic heterocycles. The van der Waals surface area contributed by atoms with Gasteiger partial charge in [0.15, 0.2) is 5.78 Å².